The summed E-state index contributed by atoms with van der Waals surface area (Å²) < 4.78 is 0. The Morgan fingerprint density at radius 2 is 2.12 bits per heavy atom. The molecule has 0 fully saturated rings. The zero-order chi connectivity index (χ0) is 12.0. The fraction of sp³-hybridized carbons (Fsp3) is 0.538. The molecule has 0 amide bonds. The van der Waals surface area contributed by atoms with Gasteiger partial charge in [-0.05, 0) is 37.6 Å². The van der Waals surface area contributed by atoms with E-state index >= 15 is 0 Å². The lowest BCUT2D eigenvalue weighted by molar-refractivity contribution is 0.509. The summed E-state index contributed by atoms with van der Waals surface area (Å²) >= 11 is 6.07. The predicted molar refractivity (Wildman–Crippen MR) is 71.0 cm³/mol. The summed E-state index contributed by atoms with van der Waals surface area (Å²) in [6.45, 7) is 9.20. The highest BCUT2D eigenvalue weighted by molar-refractivity contribution is 6.31. The van der Waals surface area contributed by atoms with Gasteiger partial charge in [0.05, 0.1) is 0 Å². The molecule has 2 nitrogen and oxygen atoms in total. The quantitative estimate of drug-likeness (QED) is 0.799. The Morgan fingerprint density at radius 3 is 2.75 bits per heavy atom. The van der Waals surface area contributed by atoms with Gasteiger partial charge in [-0.15, -0.1) is 0 Å². The Kier molecular flexibility index (Phi) is 5.81. The van der Waals surface area contributed by atoms with Gasteiger partial charge in [0.25, 0.3) is 0 Å². The number of likely N-dealkylation sites (N-methyl/N-ethyl adjacent to an activating group) is 1. The molecule has 0 aliphatic heterocycles. The highest BCUT2D eigenvalue weighted by Crippen LogP contribution is 2.16. The molecule has 0 aliphatic rings. The normalized spacial score (nSPS) is 12.8. The van der Waals surface area contributed by atoms with E-state index in [1.165, 1.54) is 5.56 Å². The summed E-state index contributed by atoms with van der Waals surface area (Å²) in [7, 11) is 0. The van der Waals surface area contributed by atoms with Crippen LogP contribution in [0.2, 0.25) is 5.02 Å². The average molecular weight is 241 g/mol. The molecule has 1 rings (SSSR count). The molecule has 0 aliphatic carbocycles. The molecule has 1 atom stereocenters. The molecule has 0 saturated carbocycles. The number of hydrogen-bond donors (Lipinski definition) is 2. The van der Waals surface area contributed by atoms with Crippen molar-refractivity contribution in [3.05, 3.63) is 34.3 Å². The highest BCUT2D eigenvalue weighted by atomic mass is 35.5. The van der Waals surface area contributed by atoms with E-state index in [4.69, 9.17) is 11.6 Å². The fourth-order valence-corrected chi connectivity index (χ4v) is 1.67. The first kappa shape index (κ1) is 13.5. The van der Waals surface area contributed by atoms with Crippen LogP contribution in [0.5, 0.6) is 0 Å². The molecule has 3 heteroatoms. The van der Waals surface area contributed by atoms with E-state index in [0.717, 1.165) is 30.2 Å². The summed E-state index contributed by atoms with van der Waals surface area (Å²) in [4.78, 5) is 0. The van der Waals surface area contributed by atoms with Crippen molar-refractivity contribution in [1.29, 1.82) is 0 Å². The maximum Gasteiger partial charge on any atom is 0.0438 e. The lowest BCUT2D eigenvalue weighted by Gasteiger charge is -2.14. The zero-order valence-corrected chi connectivity index (χ0v) is 11.1. The van der Waals surface area contributed by atoms with E-state index < -0.39 is 0 Å². The Hall–Kier alpha value is -0.570. The smallest absolute Gasteiger partial charge is 0.0438 e. The van der Waals surface area contributed by atoms with Gasteiger partial charge in [-0.25, -0.2) is 0 Å². The Balaban J connectivity index is 2.39. The molecule has 2 N–H and O–H groups in total. The molecular formula is C13H21ClN2. The molecule has 90 valence electrons. The molecule has 0 spiro atoms. The molecule has 0 aromatic heterocycles. The highest BCUT2D eigenvalue weighted by Gasteiger charge is 2.01. The molecule has 1 aromatic carbocycles. The first-order valence-electron chi connectivity index (χ1n) is 5.82. The largest absolute Gasteiger partial charge is 0.315 e. The van der Waals surface area contributed by atoms with Gasteiger partial charge in [0.2, 0.25) is 0 Å². The van der Waals surface area contributed by atoms with Crippen molar-refractivity contribution < 1.29 is 0 Å². The van der Waals surface area contributed by atoms with Gasteiger partial charge in [0.1, 0.15) is 0 Å². The fourth-order valence-electron chi connectivity index (χ4n) is 1.47. The number of benzene rings is 1. The van der Waals surface area contributed by atoms with E-state index in [9.17, 15) is 0 Å². The van der Waals surface area contributed by atoms with Gasteiger partial charge < -0.3 is 10.6 Å². The summed E-state index contributed by atoms with van der Waals surface area (Å²) in [5, 5.41) is 7.62. The third-order valence-electron chi connectivity index (χ3n) is 2.59. The van der Waals surface area contributed by atoms with Crippen LogP contribution in [0.25, 0.3) is 0 Å². The van der Waals surface area contributed by atoms with Crippen LogP contribution in [0.3, 0.4) is 0 Å². The molecule has 0 heterocycles. The number of rotatable bonds is 6. The third kappa shape index (κ3) is 4.52. The minimum absolute atomic E-state index is 0.472. The predicted octanol–water partition coefficient (Wildman–Crippen LogP) is 2.74. The molecule has 0 bridgehead atoms. The topological polar surface area (TPSA) is 24.1 Å². The van der Waals surface area contributed by atoms with Crippen LogP contribution >= 0.6 is 11.6 Å². The minimum Gasteiger partial charge on any atom is -0.315 e. The van der Waals surface area contributed by atoms with E-state index in [0.29, 0.717) is 6.04 Å². The Labute approximate surface area is 103 Å². The zero-order valence-electron chi connectivity index (χ0n) is 10.3. The van der Waals surface area contributed by atoms with Crippen molar-refractivity contribution in [1.82, 2.24) is 10.6 Å². The van der Waals surface area contributed by atoms with E-state index in [1.807, 2.05) is 13.0 Å². The summed E-state index contributed by atoms with van der Waals surface area (Å²) in [5.74, 6) is 0. The minimum atomic E-state index is 0.472. The van der Waals surface area contributed by atoms with Crippen LogP contribution in [-0.4, -0.2) is 19.1 Å². The van der Waals surface area contributed by atoms with Crippen molar-refractivity contribution in [2.75, 3.05) is 13.1 Å². The first-order chi connectivity index (χ1) is 7.63. The van der Waals surface area contributed by atoms with Crippen molar-refractivity contribution in [3.8, 4) is 0 Å². The van der Waals surface area contributed by atoms with Crippen LogP contribution in [0.15, 0.2) is 18.2 Å². The van der Waals surface area contributed by atoms with Gasteiger partial charge in [0, 0.05) is 24.2 Å². The van der Waals surface area contributed by atoms with Crippen LogP contribution in [0.1, 0.15) is 25.0 Å². The number of halogens is 1. The van der Waals surface area contributed by atoms with Gasteiger partial charge in [-0.3, -0.25) is 0 Å². The lowest BCUT2D eigenvalue weighted by atomic mass is 10.1. The first-order valence-corrected chi connectivity index (χ1v) is 6.20. The molecule has 1 unspecified atom stereocenters. The van der Waals surface area contributed by atoms with Gasteiger partial charge >= 0.3 is 0 Å². The van der Waals surface area contributed by atoms with Crippen molar-refractivity contribution in [2.24, 2.45) is 0 Å². The van der Waals surface area contributed by atoms with E-state index in [-0.39, 0.29) is 0 Å². The number of nitrogens with one attached hydrogen (secondary N) is 2. The molecular weight excluding hydrogens is 220 g/mol. The van der Waals surface area contributed by atoms with Crippen molar-refractivity contribution in [2.45, 2.75) is 33.4 Å². The van der Waals surface area contributed by atoms with Crippen molar-refractivity contribution in [3.63, 3.8) is 0 Å². The molecule has 1 aromatic rings. The van der Waals surface area contributed by atoms with Crippen molar-refractivity contribution >= 4 is 11.6 Å². The van der Waals surface area contributed by atoms with E-state index in [2.05, 4.69) is 36.6 Å². The van der Waals surface area contributed by atoms with Crippen LogP contribution < -0.4 is 10.6 Å². The summed E-state index contributed by atoms with van der Waals surface area (Å²) in [5.41, 5.74) is 2.37. The summed E-state index contributed by atoms with van der Waals surface area (Å²) in [6.07, 6.45) is 0. The second-order valence-corrected chi connectivity index (χ2v) is 4.58. The molecule has 0 saturated heterocycles. The standard InChI is InChI=1S/C13H21ClN2/c1-4-15-8-11(3)16-9-12-6-5-10(2)13(14)7-12/h5-7,11,15-16H,4,8-9H2,1-3H3. The second-order valence-electron chi connectivity index (χ2n) is 4.17. The van der Waals surface area contributed by atoms with Crippen LogP contribution in [0, 0.1) is 6.92 Å². The molecule has 0 radical (unpaired) electrons. The number of aryl methyl sites for hydroxylation is 1. The Morgan fingerprint density at radius 1 is 1.38 bits per heavy atom. The maximum atomic E-state index is 6.07. The SMILES string of the molecule is CCNCC(C)NCc1ccc(C)c(Cl)c1. The molecule has 16 heavy (non-hydrogen) atoms. The third-order valence-corrected chi connectivity index (χ3v) is 3.00. The monoisotopic (exact) mass is 240 g/mol. The Bertz CT molecular complexity index is 326. The van der Waals surface area contributed by atoms with Gasteiger partial charge in [-0.1, -0.05) is 30.7 Å². The average Bonchev–Trinajstić information content (AvgIpc) is 2.28. The second kappa shape index (κ2) is 6.89. The number of hydrogen-bond acceptors (Lipinski definition) is 2. The van der Waals surface area contributed by atoms with Gasteiger partial charge in [0.15, 0.2) is 0 Å². The lowest BCUT2D eigenvalue weighted by Crippen LogP contribution is -2.35. The van der Waals surface area contributed by atoms with Crippen LogP contribution in [-0.2, 0) is 6.54 Å². The summed E-state index contributed by atoms with van der Waals surface area (Å²) in [6, 6.07) is 6.69. The maximum absolute atomic E-state index is 6.07. The van der Waals surface area contributed by atoms with Crippen LogP contribution in [0.4, 0.5) is 0 Å². The van der Waals surface area contributed by atoms with E-state index in [1.54, 1.807) is 0 Å². The van der Waals surface area contributed by atoms with Gasteiger partial charge in [-0.2, -0.15) is 0 Å².